The summed E-state index contributed by atoms with van der Waals surface area (Å²) in [6.07, 6.45) is 1.05. The Hall–Kier alpha value is -2.62. The number of hydrogen-bond acceptors (Lipinski definition) is 3. The van der Waals surface area contributed by atoms with E-state index in [2.05, 4.69) is 5.32 Å². The molecule has 3 rings (SSSR count). The Balaban J connectivity index is 1.78. The van der Waals surface area contributed by atoms with Gasteiger partial charge in [-0.2, -0.15) is 0 Å². The number of benzene rings is 2. The fraction of sp³-hybridized carbons (Fsp3) is 0.263. The van der Waals surface area contributed by atoms with Crippen LogP contribution in [0.1, 0.15) is 40.4 Å². The van der Waals surface area contributed by atoms with Crippen molar-refractivity contribution < 1.29 is 14.3 Å². The van der Waals surface area contributed by atoms with Crippen LogP contribution in [0.5, 0.6) is 0 Å². The molecule has 1 atom stereocenters. The third kappa shape index (κ3) is 3.97. The Bertz CT molecular complexity index is 690. The summed E-state index contributed by atoms with van der Waals surface area (Å²) in [5.41, 5.74) is 2.18. The number of amides is 1. The van der Waals surface area contributed by atoms with E-state index < -0.39 is 12.1 Å². The third-order valence-electron chi connectivity index (χ3n) is 3.78. The van der Waals surface area contributed by atoms with Crippen LogP contribution in [0, 0.1) is 6.92 Å². The molecule has 118 valence electrons. The molecule has 1 saturated carbocycles. The second kappa shape index (κ2) is 6.65. The second-order valence-corrected chi connectivity index (χ2v) is 5.84. The molecular weight excluding hydrogens is 290 g/mol. The number of nitrogens with one attached hydrogen (secondary N) is 1. The molecule has 0 aliphatic heterocycles. The van der Waals surface area contributed by atoms with E-state index in [4.69, 9.17) is 4.74 Å². The fourth-order valence-corrected chi connectivity index (χ4v) is 2.27. The highest BCUT2D eigenvalue weighted by Gasteiger charge is 2.30. The van der Waals surface area contributed by atoms with Crippen LogP contribution in [0.15, 0.2) is 54.6 Å². The minimum Gasteiger partial charge on any atom is -0.444 e. The van der Waals surface area contributed by atoms with E-state index in [1.807, 2.05) is 37.3 Å². The molecule has 0 spiro atoms. The normalized spacial score (nSPS) is 14.8. The van der Waals surface area contributed by atoms with Gasteiger partial charge in [-0.15, -0.1) is 0 Å². The van der Waals surface area contributed by atoms with Crippen molar-refractivity contribution in [2.75, 3.05) is 0 Å². The predicted octanol–water partition coefficient (Wildman–Crippen LogP) is 3.17. The molecule has 4 heteroatoms. The van der Waals surface area contributed by atoms with Crippen LogP contribution in [-0.4, -0.2) is 17.9 Å². The Labute approximate surface area is 135 Å². The van der Waals surface area contributed by atoms with Crippen LogP contribution in [-0.2, 0) is 9.53 Å². The Morgan fingerprint density at radius 2 is 1.70 bits per heavy atom. The summed E-state index contributed by atoms with van der Waals surface area (Å²) in [5, 5.41) is 2.90. The lowest BCUT2D eigenvalue weighted by molar-refractivity contribution is -0.130. The van der Waals surface area contributed by atoms with Crippen LogP contribution in [0.2, 0.25) is 0 Å². The van der Waals surface area contributed by atoms with Crippen LogP contribution >= 0.6 is 0 Å². The molecule has 1 aliphatic rings. The highest BCUT2D eigenvalue weighted by Crippen LogP contribution is 2.24. The summed E-state index contributed by atoms with van der Waals surface area (Å²) in [7, 11) is 0. The zero-order valence-electron chi connectivity index (χ0n) is 13.0. The first-order valence-corrected chi connectivity index (χ1v) is 7.76. The number of esters is 1. The summed E-state index contributed by atoms with van der Waals surface area (Å²) in [5.74, 6) is -0.760. The average molecular weight is 309 g/mol. The largest absolute Gasteiger partial charge is 0.444 e. The van der Waals surface area contributed by atoms with Gasteiger partial charge in [0.1, 0.15) is 0 Å². The Kier molecular flexibility index (Phi) is 4.42. The summed E-state index contributed by atoms with van der Waals surface area (Å²) in [6, 6.07) is 16.4. The van der Waals surface area contributed by atoms with Gasteiger partial charge in [0.05, 0.1) is 5.56 Å². The van der Waals surface area contributed by atoms with Crippen LogP contribution in [0.3, 0.4) is 0 Å². The molecule has 1 N–H and O–H groups in total. The Morgan fingerprint density at radius 3 is 2.30 bits per heavy atom. The summed E-state index contributed by atoms with van der Waals surface area (Å²) >= 11 is 0. The highest BCUT2D eigenvalue weighted by molar-refractivity contribution is 5.92. The molecule has 4 nitrogen and oxygen atoms in total. The lowest BCUT2D eigenvalue weighted by atomic mass is 10.1. The van der Waals surface area contributed by atoms with Crippen LogP contribution in [0.25, 0.3) is 0 Å². The first-order valence-electron chi connectivity index (χ1n) is 7.76. The number of hydrogen-bond donors (Lipinski definition) is 1. The third-order valence-corrected chi connectivity index (χ3v) is 3.78. The van der Waals surface area contributed by atoms with Gasteiger partial charge in [-0.05, 0) is 31.9 Å². The molecule has 2 aromatic rings. The van der Waals surface area contributed by atoms with Gasteiger partial charge >= 0.3 is 5.97 Å². The number of ether oxygens (including phenoxy) is 1. The molecule has 0 heterocycles. The zero-order valence-corrected chi connectivity index (χ0v) is 13.0. The summed E-state index contributed by atoms with van der Waals surface area (Å²) in [6.45, 7) is 1.95. The van der Waals surface area contributed by atoms with E-state index in [0.29, 0.717) is 11.1 Å². The lowest BCUT2D eigenvalue weighted by Gasteiger charge is -2.18. The van der Waals surface area contributed by atoms with Crippen molar-refractivity contribution in [3.63, 3.8) is 0 Å². The number of carbonyl (C=O) groups is 2. The van der Waals surface area contributed by atoms with Crippen molar-refractivity contribution in [3.05, 3.63) is 71.3 Å². The van der Waals surface area contributed by atoms with Gasteiger partial charge in [-0.3, -0.25) is 4.79 Å². The molecule has 0 unspecified atom stereocenters. The van der Waals surface area contributed by atoms with E-state index in [1.165, 1.54) is 0 Å². The first kappa shape index (κ1) is 15.3. The van der Waals surface area contributed by atoms with Crippen molar-refractivity contribution in [1.29, 1.82) is 0 Å². The SMILES string of the molecule is Cc1ccc(C(=O)O[C@@H](C(=O)NC2CC2)c2ccccc2)cc1. The van der Waals surface area contributed by atoms with Gasteiger partial charge in [0.2, 0.25) is 6.10 Å². The minimum absolute atomic E-state index is 0.215. The monoisotopic (exact) mass is 309 g/mol. The van der Waals surface area contributed by atoms with E-state index in [0.717, 1.165) is 18.4 Å². The summed E-state index contributed by atoms with van der Waals surface area (Å²) in [4.78, 5) is 24.8. The molecule has 0 radical (unpaired) electrons. The average Bonchev–Trinajstić information content (AvgIpc) is 3.37. The van der Waals surface area contributed by atoms with Gasteiger partial charge in [0.25, 0.3) is 5.91 Å². The zero-order chi connectivity index (χ0) is 16.2. The lowest BCUT2D eigenvalue weighted by Crippen LogP contribution is -2.33. The van der Waals surface area contributed by atoms with E-state index >= 15 is 0 Å². The standard InChI is InChI=1S/C19H19NO3/c1-13-7-9-15(10-8-13)19(22)23-17(14-5-3-2-4-6-14)18(21)20-16-11-12-16/h2-10,16-17H,11-12H2,1H3,(H,20,21)/t17-/m1/s1. The molecule has 0 aromatic heterocycles. The maximum Gasteiger partial charge on any atom is 0.339 e. The number of aryl methyl sites for hydroxylation is 1. The molecule has 23 heavy (non-hydrogen) atoms. The molecular formula is C19H19NO3. The van der Waals surface area contributed by atoms with Gasteiger partial charge in [-0.25, -0.2) is 4.79 Å². The Morgan fingerprint density at radius 1 is 1.04 bits per heavy atom. The molecule has 1 amide bonds. The van der Waals surface area contributed by atoms with E-state index in [9.17, 15) is 9.59 Å². The molecule has 1 aliphatic carbocycles. The molecule has 0 saturated heterocycles. The number of carbonyl (C=O) groups excluding carboxylic acids is 2. The van der Waals surface area contributed by atoms with Crippen LogP contribution in [0.4, 0.5) is 0 Å². The smallest absolute Gasteiger partial charge is 0.339 e. The van der Waals surface area contributed by atoms with Crippen molar-refractivity contribution in [2.45, 2.75) is 31.9 Å². The fourth-order valence-electron chi connectivity index (χ4n) is 2.27. The molecule has 1 fully saturated rings. The van der Waals surface area contributed by atoms with Gasteiger partial charge < -0.3 is 10.1 Å². The first-order chi connectivity index (χ1) is 11.1. The number of rotatable bonds is 5. The van der Waals surface area contributed by atoms with Gasteiger partial charge in [0, 0.05) is 11.6 Å². The minimum atomic E-state index is -0.925. The van der Waals surface area contributed by atoms with E-state index in [1.54, 1.807) is 24.3 Å². The molecule has 2 aromatic carbocycles. The van der Waals surface area contributed by atoms with E-state index in [-0.39, 0.29) is 11.9 Å². The maximum absolute atomic E-state index is 12.4. The van der Waals surface area contributed by atoms with Crippen LogP contribution < -0.4 is 5.32 Å². The van der Waals surface area contributed by atoms with Gasteiger partial charge in [-0.1, -0.05) is 48.0 Å². The quantitative estimate of drug-likeness (QED) is 0.863. The van der Waals surface area contributed by atoms with Crippen molar-refractivity contribution in [2.24, 2.45) is 0 Å². The maximum atomic E-state index is 12.4. The topological polar surface area (TPSA) is 55.4 Å². The highest BCUT2D eigenvalue weighted by atomic mass is 16.5. The van der Waals surface area contributed by atoms with Crippen molar-refractivity contribution >= 4 is 11.9 Å². The second-order valence-electron chi connectivity index (χ2n) is 5.84. The van der Waals surface area contributed by atoms with Crippen molar-refractivity contribution in [3.8, 4) is 0 Å². The predicted molar refractivity (Wildman–Crippen MR) is 86.9 cm³/mol. The van der Waals surface area contributed by atoms with Crippen molar-refractivity contribution in [1.82, 2.24) is 5.32 Å². The van der Waals surface area contributed by atoms with Gasteiger partial charge in [0.15, 0.2) is 0 Å². The summed E-state index contributed by atoms with van der Waals surface area (Å²) < 4.78 is 5.50. The molecule has 0 bridgehead atoms.